The molecule has 0 aliphatic carbocycles. The largest absolute Gasteiger partial charge is 0.493 e. The Morgan fingerprint density at radius 3 is 1.55 bits per heavy atom. The lowest BCUT2D eigenvalue weighted by molar-refractivity contribution is 0.324. The lowest BCUT2D eigenvalue weighted by Crippen LogP contribution is -2.04. The summed E-state index contributed by atoms with van der Waals surface area (Å²) in [5, 5.41) is 17.8. The molecule has 31 heavy (non-hydrogen) atoms. The van der Waals surface area contributed by atoms with Crippen LogP contribution in [0.1, 0.15) is 5.69 Å². The second kappa shape index (κ2) is 9.13. The molecule has 10 nitrogen and oxygen atoms in total. The number of ether oxygens (including phenoxy) is 6. The van der Waals surface area contributed by atoms with Gasteiger partial charge in [0.25, 0.3) is 0 Å². The first-order valence-electron chi connectivity index (χ1n) is 9.03. The zero-order chi connectivity index (χ0) is 22.5. The first-order chi connectivity index (χ1) is 15.1. The Morgan fingerprint density at radius 1 is 0.710 bits per heavy atom. The highest BCUT2D eigenvalue weighted by molar-refractivity contribution is 5.73. The zero-order valence-corrected chi connectivity index (χ0v) is 18.0. The van der Waals surface area contributed by atoms with Crippen molar-refractivity contribution in [2.45, 2.75) is 0 Å². The van der Waals surface area contributed by atoms with Crippen molar-refractivity contribution in [3.8, 4) is 57.5 Å². The van der Waals surface area contributed by atoms with Crippen molar-refractivity contribution in [2.24, 2.45) is 0 Å². The summed E-state index contributed by atoms with van der Waals surface area (Å²) in [7, 11) is 9.10. The molecular formula is C21H22N4O6. The van der Waals surface area contributed by atoms with Gasteiger partial charge in [-0.25, -0.2) is 4.68 Å². The maximum atomic E-state index is 9.66. The summed E-state index contributed by atoms with van der Waals surface area (Å²) in [6.45, 7) is 0. The van der Waals surface area contributed by atoms with Crippen LogP contribution in [-0.4, -0.2) is 57.7 Å². The van der Waals surface area contributed by atoms with E-state index in [4.69, 9.17) is 28.4 Å². The molecule has 0 unspecified atom stereocenters. The lowest BCUT2D eigenvalue weighted by Gasteiger charge is -2.16. The van der Waals surface area contributed by atoms with Crippen LogP contribution < -0.4 is 28.4 Å². The molecule has 3 aromatic rings. The summed E-state index contributed by atoms with van der Waals surface area (Å²) >= 11 is 0. The highest BCUT2D eigenvalue weighted by Gasteiger charge is 2.23. The van der Waals surface area contributed by atoms with Crippen LogP contribution in [-0.2, 0) is 0 Å². The van der Waals surface area contributed by atoms with Crippen LogP contribution in [0.3, 0.4) is 0 Å². The fourth-order valence-electron chi connectivity index (χ4n) is 3.20. The molecule has 1 heterocycles. The van der Waals surface area contributed by atoms with E-state index in [0.29, 0.717) is 51.4 Å². The third kappa shape index (κ3) is 3.73. The predicted octanol–water partition coefficient (Wildman–Crippen LogP) is 2.86. The highest BCUT2D eigenvalue weighted by Crippen LogP contribution is 2.43. The van der Waals surface area contributed by atoms with Gasteiger partial charge in [-0.3, -0.25) is 0 Å². The van der Waals surface area contributed by atoms with Crippen LogP contribution in [0.15, 0.2) is 24.3 Å². The van der Waals surface area contributed by atoms with Gasteiger partial charge in [-0.15, -0.1) is 5.10 Å². The first-order valence-corrected chi connectivity index (χ1v) is 9.03. The van der Waals surface area contributed by atoms with Crippen molar-refractivity contribution in [3.63, 3.8) is 0 Å². The minimum atomic E-state index is 0.114. The molecule has 0 saturated carbocycles. The van der Waals surface area contributed by atoms with E-state index in [1.807, 2.05) is 0 Å². The summed E-state index contributed by atoms with van der Waals surface area (Å²) in [5.74, 6) is 2.59. The molecule has 1 aromatic heterocycles. The third-order valence-corrected chi connectivity index (χ3v) is 4.61. The Balaban J connectivity index is 2.30. The molecule has 0 saturated heterocycles. The molecule has 162 valence electrons. The fourth-order valence-corrected chi connectivity index (χ4v) is 3.20. The lowest BCUT2D eigenvalue weighted by atomic mass is 10.1. The van der Waals surface area contributed by atoms with E-state index in [9.17, 15) is 5.26 Å². The molecule has 2 aromatic carbocycles. The molecule has 0 fully saturated rings. The van der Waals surface area contributed by atoms with Gasteiger partial charge in [-0.1, -0.05) is 5.21 Å². The van der Waals surface area contributed by atoms with E-state index in [-0.39, 0.29) is 5.69 Å². The van der Waals surface area contributed by atoms with E-state index in [2.05, 4.69) is 16.4 Å². The number of benzene rings is 2. The number of hydrogen-bond acceptors (Lipinski definition) is 9. The second-order valence-electron chi connectivity index (χ2n) is 6.11. The van der Waals surface area contributed by atoms with Crippen LogP contribution in [0.25, 0.3) is 16.9 Å². The quantitative estimate of drug-likeness (QED) is 0.537. The van der Waals surface area contributed by atoms with Crippen LogP contribution in [0.5, 0.6) is 34.5 Å². The van der Waals surface area contributed by atoms with Gasteiger partial charge in [0, 0.05) is 17.7 Å². The maximum Gasteiger partial charge on any atom is 0.203 e. The Kier molecular flexibility index (Phi) is 6.35. The molecular weight excluding hydrogens is 404 g/mol. The smallest absolute Gasteiger partial charge is 0.203 e. The Hall–Kier alpha value is -4.13. The topological polar surface area (TPSA) is 110 Å². The molecule has 0 atom stereocenters. The van der Waals surface area contributed by atoms with Gasteiger partial charge in [-0.2, -0.15) is 5.26 Å². The summed E-state index contributed by atoms with van der Waals surface area (Å²) in [4.78, 5) is 0. The first kappa shape index (κ1) is 21.6. The Labute approximate surface area is 179 Å². The van der Waals surface area contributed by atoms with Crippen molar-refractivity contribution in [2.75, 3.05) is 42.7 Å². The fraction of sp³-hybridized carbons (Fsp3) is 0.286. The van der Waals surface area contributed by atoms with Crippen LogP contribution >= 0.6 is 0 Å². The van der Waals surface area contributed by atoms with Gasteiger partial charge >= 0.3 is 0 Å². The van der Waals surface area contributed by atoms with E-state index < -0.39 is 0 Å². The SMILES string of the molecule is COc1cc(-c2c(C#N)nnn2-c2cc(OC)c(OC)c(OC)c2)cc(OC)c1OC. The molecule has 0 amide bonds. The maximum absolute atomic E-state index is 9.66. The van der Waals surface area contributed by atoms with Crippen molar-refractivity contribution in [1.29, 1.82) is 5.26 Å². The summed E-state index contributed by atoms with van der Waals surface area (Å²) < 4.78 is 34.0. The van der Waals surface area contributed by atoms with Gasteiger partial charge in [0.05, 0.1) is 48.3 Å². The van der Waals surface area contributed by atoms with Crippen LogP contribution in [0.2, 0.25) is 0 Å². The van der Waals surface area contributed by atoms with Gasteiger partial charge in [-0.05, 0) is 12.1 Å². The molecule has 0 spiro atoms. The molecule has 3 rings (SSSR count). The summed E-state index contributed by atoms with van der Waals surface area (Å²) in [6, 6.07) is 8.92. The van der Waals surface area contributed by atoms with Crippen molar-refractivity contribution < 1.29 is 28.4 Å². The minimum Gasteiger partial charge on any atom is -0.493 e. The Morgan fingerprint density at radius 2 is 1.16 bits per heavy atom. The van der Waals surface area contributed by atoms with Gasteiger partial charge in [0.1, 0.15) is 11.8 Å². The van der Waals surface area contributed by atoms with Crippen LogP contribution in [0.4, 0.5) is 0 Å². The number of nitrogens with zero attached hydrogens (tertiary/aromatic N) is 4. The van der Waals surface area contributed by atoms with Gasteiger partial charge in [0.2, 0.25) is 11.5 Å². The minimum absolute atomic E-state index is 0.114. The highest BCUT2D eigenvalue weighted by atomic mass is 16.5. The molecule has 0 N–H and O–H groups in total. The number of nitriles is 1. The van der Waals surface area contributed by atoms with Crippen molar-refractivity contribution >= 4 is 0 Å². The Bertz CT molecular complexity index is 1090. The summed E-state index contributed by atoms with van der Waals surface area (Å²) in [6.07, 6.45) is 0. The van der Waals surface area contributed by atoms with Crippen molar-refractivity contribution in [1.82, 2.24) is 15.0 Å². The predicted molar refractivity (Wildman–Crippen MR) is 111 cm³/mol. The number of hydrogen-bond donors (Lipinski definition) is 0. The van der Waals surface area contributed by atoms with E-state index in [1.54, 1.807) is 24.3 Å². The van der Waals surface area contributed by atoms with Crippen LogP contribution in [0, 0.1) is 11.3 Å². The standard InChI is InChI=1S/C21H22N4O6/c1-26-15-7-12(8-16(27-2)20(15)30-5)19-14(11-22)23-24-25(19)13-9-17(28-3)21(31-6)18(10-13)29-4/h7-10H,1-6H3. The average molecular weight is 426 g/mol. The zero-order valence-electron chi connectivity index (χ0n) is 18.0. The average Bonchev–Trinajstić information content (AvgIpc) is 3.26. The van der Waals surface area contributed by atoms with E-state index in [1.165, 1.54) is 47.3 Å². The van der Waals surface area contributed by atoms with E-state index >= 15 is 0 Å². The molecule has 0 aliphatic heterocycles. The monoisotopic (exact) mass is 426 g/mol. The molecule has 10 heteroatoms. The van der Waals surface area contributed by atoms with E-state index in [0.717, 1.165) is 0 Å². The molecule has 0 aliphatic rings. The van der Waals surface area contributed by atoms with Gasteiger partial charge in [0.15, 0.2) is 28.7 Å². The number of methoxy groups -OCH3 is 6. The van der Waals surface area contributed by atoms with Gasteiger partial charge < -0.3 is 28.4 Å². The second-order valence-corrected chi connectivity index (χ2v) is 6.11. The molecule has 0 bridgehead atoms. The third-order valence-electron chi connectivity index (χ3n) is 4.61. The normalized spacial score (nSPS) is 10.2. The number of rotatable bonds is 8. The summed E-state index contributed by atoms with van der Waals surface area (Å²) in [5.41, 5.74) is 1.68. The van der Waals surface area contributed by atoms with Crippen molar-refractivity contribution in [3.05, 3.63) is 30.0 Å². The molecule has 0 radical (unpaired) electrons. The number of aromatic nitrogens is 3.